The van der Waals surface area contributed by atoms with Crippen molar-refractivity contribution in [2.75, 3.05) is 30.4 Å². The molecule has 0 saturated heterocycles. The minimum atomic E-state index is 0.00991. The molecule has 78 valence electrons. The highest BCUT2D eigenvalue weighted by molar-refractivity contribution is 5.65. The van der Waals surface area contributed by atoms with Gasteiger partial charge in [0.25, 0.3) is 0 Å². The Labute approximate surface area is 80.9 Å². The Morgan fingerprint density at radius 2 is 1.93 bits per heavy atom. The summed E-state index contributed by atoms with van der Waals surface area (Å²) in [6.45, 7) is 0.340. The second-order valence-electron chi connectivity index (χ2n) is 2.61. The molecule has 7 N–H and O–H groups in total. The second kappa shape index (κ2) is 4.47. The summed E-state index contributed by atoms with van der Waals surface area (Å²) < 4.78 is 5.14. The Morgan fingerprint density at radius 1 is 1.21 bits per heavy atom. The standard InChI is InChI=1S/C7H13N5O2/c8-4-5(9)11-7(10)12-6(4)14-3-1-2-13/h13H,1-3,8H2,(H4,9,10,11,12). The monoisotopic (exact) mass is 199 g/mol. The van der Waals surface area contributed by atoms with Crippen LogP contribution in [-0.4, -0.2) is 28.3 Å². The van der Waals surface area contributed by atoms with Gasteiger partial charge in [0.15, 0.2) is 5.82 Å². The number of ether oxygens (including phenoxy) is 1. The molecule has 0 aromatic carbocycles. The van der Waals surface area contributed by atoms with Crippen LogP contribution in [0.15, 0.2) is 0 Å². The van der Waals surface area contributed by atoms with Crippen LogP contribution in [0, 0.1) is 0 Å². The molecule has 1 heterocycles. The number of nitrogens with two attached hydrogens (primary N) is 3. The molecule has 0 aliphatic heterocycles. The summed E-state index contributed by atoms with van der Waals surface area (Å²) in [4.78, 5) is 7.42. The number of aliphatic hydroxyl groups is 1. The van der Waals surface area contributed by atoms with Crippen LogP contribution in [-0.2, 0) is 0 Å². The number of hydrogen-bond acceptors (Lipinski definition) is 7. The quantitative estimate of drug-likeness (QED) is 0.456. The summed E-state index contributed by atoms with van der Waals surface area (Å²) in [7, 11) is 0. The smallest absolute Gasteiger partial charge is 0.244 e. The first-order valence-electron chi connectivity index (χ1n) is 4.07. The van der Waals surface area contributed by atoms with Crippen molar-refractivity contribution in [3.63, 3.8) is 0 Å². The molecule has 7 nitrogen and oxygen atoms in total. The highest BCUT2D eigenvalue weighted by Gasteiger charge is 2.08. The van der Waals surface area contributed by atoms with E-state index in [1.54, 1.807) is 0 Å². The molecule has 0 spiro atoms. The molecule has 0 radical (unpaired) electrons. The van der Waals surface area contributed by atoms with Crippen molar-refractivity contribution in [2.45, 2.75) is 6.42 Å². The van der Waals surface area contributed by atoms with E-state index in [-0.39, 0.29) is 29.9 Å². The number of hydrogen-bond donors (Lipinski definition) is 4. The maximum Gasteiger partial charge on any atom is 0.244 e. The van der Waals surface area contributed by atoms with E-state index in [0.717, 1.165) is 0 Å². The van der Waals surface area contributed by atoms with Crippen LogP contribution in [0.5, 0.6) is 5.88 Å². The summed E-state index contributed by atoms with van der Waals surface area (Å²) in [6.07, 6.45) is 0.489. The van der Waals surface area contributed by atoms with Gasteiger partial charge in [-0.15, -0.1) is 0 Å². The molecule has 0 aliphatic rings. The van der Waals surface area contributed by atoms with E-state index in [9.17, 15) is 0 Å². The van der Waals surface area contributed by atoms with Crippen LogP contribution >= 0.6 is 0 Å². The topological polar surface area (TPSA) is 133 Å². The molecule has 14 heavy (non-hydrogen) atoms. The van der Waals surface area contributed by atoms with Gasteiger partial charge in [-0.05, 0) is 0 Å². The number of anilines is 3. The van der Waals surface area contributed by atoms with Crippen LogP contribution in [0.4, 0.5) is 17.5 Å². The predicted molar refractivity (Wildman–Crippen MR) is 52.5 cm³/mol. The van der Waals surface area contributed by atoms with Crippen molar-refractivity contribution >= 4 is 17.5 Å². The van der Waals surface area contributed by atoms with E-state index in [0.29, 0.717) is 13.0 Å². The molecule has 1 aromatic rings. The van der Waals surface area contributed by atoms with Crippen LogP contribution in [0.3, 0.4) is 0 Å². The number of aliphatic hydroxyl groups excluding tert-OH is 1. The summed E-state index contributed by atoms with van der Waals surface area (Å²) in [5.74, 6) is 0.260. The molecule has 1 rings (SSSR count). The molecule has 0 unspecified atom stereocenters. The van der Waals surface area contributed by atoms with Crippen molar-refractivity contribution in [1.82, 2.24) is 9.97 Å². The molecule has 0 bridgehead atoms. The zero-order valence-corrected chi connectivity index (χ0v) is 7.60. The Hall–Kier alpha value is -1.76. The fourth-order valence-electron chi connectivity index (χ4n) is 0.826. The van der Waals surface area contributed by atoms with E-state index in [4.69, 9.17) is 27.0 Å². The first-order valence-corrected chi connectivity index (χ1v) is 4.07. The molecule has 1 aromatic heterocycles. The Morgan fingerprint density at radius 3 is 2.57 bits per heavy atom. The SMILES string of the molecule is Nc1nc(N)c(N)c(OCCCO)n1. The van der Waals surface area contributed by atoms with Gasteiger partial charge in [0.2, 0.25) is 11.8 Å². The lowest BCUT2D eigenvalue weighted by Crippen LogP contribution is -2.09. The average molecular weight is 199 g/mol. The lowest BCUT2D eigenvalue weighted by molar-refractivity contribution is 0.230. The molecular formula is C7H13N5O2. The Kier molecular flexibility index (Phi) is 3.29. The number of nitrogens with zero attached hydrogens (tertiary/aromatic N) is 2. The van der Waals surface area contributed by atoms with Gasteiger partial charge in [-0.25, -0.2) is 0 Å². The highest BCUT2D eigenvalue weighted by atomic mass is 16.5. The normalized spacial score (nSPS) is 10.1. The van der Waals surface area contributed by atoms with E-state index in [2.05, 4.69) is 9.97 Å². The van der Waals surface area contributed by atoms with Gasteiger partial charge < -0.3 is 27.0 Å². The minimum absolute atomic E-state index is 0.00991. The van der Waals surface area contributed by atoms with Crippen LogP contribution in [0.1, 0.15) is 6.42 Å². The first-order chi connectivity index (χ1) is 6.65. The lowest BCUT2D eigenvalue weighted by Gasteiger charge is -2.08. The number of aromatic nitrogens is 2. The van der Waals surface area contributed by atoms with Gasteiger partial charge in [-0.2, -0.15) is 9.97 Å². The molecule has 0 atom stereocenters. The van der Waals surface area contributed by atoms with Gasteiger partial charge in [0, 0.05) is 13.0 Å². The molecule has 0 saturated carbocycles. The maximum absolute atomic E-state index is 8.53. The van der Waals surface area contributed by atoms with Crippen LogP contribution in [0.2, 0.25) is 0 Å². The third-order valence-corrected chi connectivity index (χ3v) is 1.50. The summed E-state index contributed by atoms with van der Waals surface area (Å²) >= 11 is 0. The third kappa shape index (κ3) is 2.36. The van der Waals surface area contributed by atoms with Gasteiger partial charge in [-0.3, -0.25) is 0 Å². The second-order valence-corrected chi connectivity index (χ2v) is 2.61. The van der Waals surface area contributed by atoms with Gasteiger partial charge in [0.1, 0.15) is 5.69 Å². The van der Waals surface area contributed by atoms with Crippen molar-refractivity contribution in [1.29, 1.82) is 0 Å². The van der Waals surface area contributed by atoms with E-state index in [1.807, 2.05) is 0 Å². The first kappa shape index (κ1) is 10.3. The highest BCUT2D eigenvalue weighted by Crippen LogP contribution is 2.24. The molecule has 7 heteroatoms. The van der Waals surface area contributed by atoms with Gasteiger partial charge >= 0.3 is 0 Å². The summed E-state index contributed by atoms with van der Waals surface area (Å²) in [5, 5.41) is 8.53. The molecule has 0 aliphatic carbocycles. The van der Waals surface area contributed by atoms with Crippen molar-refractivity contribution in [3.05, 3.63) is 0 Å². The summed E-state index contributed by atoms with van der Waals surface area (Å²) in [6, 6.07) is 0. The number of nitrogen functional groups attached to an aromatic ring is 3. The fourth-order valence-corrected chi connectivity index (χ4v) is 0.826. The van der Waals surface area contributed by atoms with E-state index in [1.165, 1.54) is 0 Å². The largest absolute Gasteiger partial charge is 0.476 e. The molecule has 0 amide bonds. The van der Waals surface area contributed by atoms with Gasteiger partial charge in [-0.1, -0.05) is 0 Å². The van der Waals surface area contributed by atoms with Crippen molar-refractivity contribution in [2.24, 2.45) is 0 Å². The Bertz CT molecular complexity index is 317. The average Bonchev–Trinajstić information content (AvgIpc) is 2.13. The summed E-state index contributed by atoms with van der Waals surface area (Å²) in [5.41, 5.74) is 16.5. The molecular weight excluding hydrogens is 186 g/mol. The minimum Gasteiger partial charge on any atom is -0.476 e. The lowest BCUT2D eigenvalue weighted by atomic mass is 10.4. The van der Waals surface area contributed by atoms with Crippen molar-refractivity contribution < 1.29 is 9.84 Å². The van der Waals surface area contributed by atoms with Gasteiger partial charge in [0.05, 0.1) is 6.61 Å². The van der Waals surface area contributed by atoms with Crippen LogP contribution in [0.25, 0.3) is 0 Å². The van der Waals surface area contributed by atoms with Crippen molar-refractivity contribution in [3.8, 4) is 5.88 Å². The Balaban J connectivity index is 2.75. The fraction of sp³-hybridized carbons (Fsp3) is 0.429. The predicted octanol–water partition coefficient (Wildman–Crippen LogP) is -1.02. The van der Waals surface area contributed by atoms with E-state index >= 15 is 0 Å². The van der Waals surface area contributed by atoms with E-state index < -0.39 is 0 Å². The molecule has 0 fully saturated rings. The zero-order chi connectivity index (χ0) is 10.6. The number of rotatable bonds is 4. The zero-order valence-electron chi connectivity index (χ0n) is 7.60. The maximum atomic E-state index is 8.53. The third-order valence-electron chi connectivity index (χ3n) is 1.50. The van der Waals surface area contributed by atoms with Crippen LogP contribution < -0.4 is 21.9 Å².